The van der Waals surface area contributed by atoms with E-state index < -0.39 is 0 Å². The van der Waals surface area contributed by atoms with Crippen LogP contribution in [0.15, 0.2) is 22.8 Å². The lowest BCUT2D eigenvalue weighted by atomic mass is 10.2. The molecule has 0 fully saturated rings. The molecule has 0 bridgehead atoms. The molecule has 0 amide bonds. The first-order chi connectivity index (χ1) is 8.27. The van der Waals surface area contributed by atoms with Gasteiger partial charge in [-0.15, -0.1) is 0 Å². The predicted molar refractivity (Wildman–Crippen MR) is 72.0 cm³/mol. The van der Waals surface area contributed by atoms with E-state index in [0.29, 0.717) is 6.04 Å². The highest BCUT2D eigenvalue weighted by atomic mass is 16.3. The largest absolute Gasteiger partial charge is 0.468 e. The van der Waals surface area contributed by atoms with Crippen molar-refractivity contribution in [2.75, 3.05) is 19.6 Å². The summed E-state index contributed by atoms with van der Waals surface area (Å²) >= 11 is 0. The smallest absolute Gasteiger partial charge is 0.117 e. The molecule has 3 heteroatoms. The van der Waals surface area contributed by atoms with Gasteiger partial charge in [0.2, 0.25) is 0 Å². The molecule has 0 saturated carbocycles. The zero-order chi connectivity index (χ0) is 12.5. The van der Waals surface area contributed by atoms with Gasteiger partial charge in [-0.1, -0.05) is 20.3 Å². The quantitative estimate of drug-likeness (QED) is 0.717. The van der Waals surface area contributed by atoms with Crippen LogP contribution < -0.4 is 5.32 Å². The summed E-state index contributed by atoms with van der Waals surface area (Å²) in [6.07, 6.45) is 4.28. The third kappa shape index (κ3) is 5.37. The van der Waals surface area contributed by atoms with Gasteiger partial charge in [-0.2, -0.15) is 0 Å². The molecule has 0 spiro atoms. The molecule has 0 aliphatic heterocycles. The third-order valence-electron chi connectivity index (χ3n) is 3.15. The second kappa shape index (κ2) is 8.31. The van der Waals surface area contributed by atoms with Gasteiger partial charge < -0.3 is 9.73 Å². The first kappa shape index (κ1) is 14.3. The van der Waals surface area contributed by atoms with Gasteiger partial charge in [0.05, 0.1) is 12.8 Å². The minimum Gasteiger partial charge on any atom is -0.468 e. The average Bonchev–Trinajstić information content (AvgIpc) is 2.83. The standard InChI is InChI=1S/C14H26N2O/c1-4-6-9-16(5-2)13(3)11-15-12-14-8-7-10-17-14/h7-8,10,13,15H,4-6,9,11-12H2,1-3H3. The Hall–Kier alpha value is -0.800. The van der Waals surface area contributed by atoms with Crippen molar-refractivity contribution < 1.29 is 4.42 Å². The van der Waals surface area contributed by atoms with Crippen LogP contribution in [-0.4, -0.2) is 30.6 Å². The number of nitrogens with one attached hydrogen (secondary N) is 1. The highest BCUT2D eigenvalue weighted by molar-refractivity contribution is 4.97. The molecule has 0 aliphatic rings. The second-order valence-corrected chi connectivity index (χ2v) is 4.54. The van der Waals surface area contributed by atoms with Gasteiger partial charge in [0.15, 0.2) is 0 Å². The number of unbranched alkanes of at least 4 members (excludes halogenated alkanes) is 1. The Balaban J connectivity index is 2.19. The summed E-state index contributed by atoms with van der Waals surface area (Å²) < 4.78 is 5.29. The molecule has 1 aromatic heterocycles. The van der Waals surface area contributed by atoms with Crippen molar-refractivity contribution in [3.63, 3.8) is 0 Å². The zero-order valence-electron chi connectivity index (χ0n) is 11.4. The molecule has 1 unspecified atom stereocenters. The fourth-order valence-electron chi connectivity index (χ4n) is 2.00. The Kier molecular flexibility index (Phi) is 6.97. The molecule has 1 atom stereocenters. The van der Waals surface area contributed by atoms with Gasteiger partial charge in [-0.25, -0.2) is 0 Å². The van der Waals surface area contributed by atoms with E-state index in [1.54, 1.807) is 6.26 Å². The van der Waals surface area contributed by atoms with E-state index in [1.165, 1.54) is 19.4 Å². The maximum Gasteiger partial charge on any atom is 0.117 e. The number of nitrogens with zero attached hydrogens (tertiary/aromatic N) is 1. The summed E-state index contributed by atoms with van der Waals surface area (Å²) in [4.78, 5) is 2.53. The Morgan fingerprint density at radius 1 is 1.41 bits per heavy atom. The van der Waals surface area contributed by atoms with Gasteiger partial charge >= 0.3 is 0 Å². The Morgan fingerprint density at radius 3 is 2.82 bits per heavy atom. The molecule has 0 radical (unpaired) electrons. The molecule has 3 nitrogen and oxygen atoms in total. The van der Waals surface area contributed by atoms with Crippen LogP contribution in [-0.2, 0) is 6.54 Å². The maximum absolute atomic E-state index is 5.29. The summed E-state index contributed by atoms with van der Waals surface area (Å²) in [5.74, 6) is 1.01. The van der Waals surface area contributed by atoms with Gasteiger partial charge in [0, 0.05) is 12.6 Å². The van der Waals surface area contributed by atoms with Crippen molar-refractivity contribution in [2.24, 2.45) is 0 Å². The van der Waals surface area contributed by atoms with Crippen molar-refractivity contribution in [1.82, 2.24) is 10.2 Å². The first-order valence-corrected chi connectivity index (χ1v) is 6.75. The highest BCUT2D eigenvalue weighted by Gasteiger charge is 2.10. The van der Waals surface area contributed by atoms with Crippen LogP contribution in [0.4, 0.5) is 0 Å². The number of hydrogen-bond acceptors (Lipinski definition) is 3. The molecule has 1 heterocycles. The molecule has 0 aliphatic carbocycles. The van der Waals surface area contributed by atoms with Gasteiger partial charge in [0.25, 0.3) is 0 Å². The minimum absolute atomic E-state index is 0.585. The summed E-state index contributed by atoms with van der Waals surface area (Å²) in [6, 6.07) is 4.52. The normalized spacial score (nSPS) is 13.2. The predicted octanol–water partition coefficient (Wildman–Crippen LogP) is 2.88. The number of rotatable bonds is 9. The van der Waals surface area contributed by atoms with E-state index in [4.69, 9.17) is 4.42 Å². The molecular formula is C14H26N2O. The number of furan rings is 1. The van der Waals surface area contributed by atoms with Crippen molar-refractivity contribution in [2.45, 2.75) is 46.2 Å². The molecule has 1 aromatic rings. The summed E-state index contributed by atoms with van der Waals surface area (Å²) in [5, 5.41) is 3.44. The molecule has 1 N–H and O–H groups in total. The number of likely N-dealkylation sites (N-methyl/N-ethyl adjacent to an activating group) is 1. The Morgan fingerprint density at radius 2 is 2.24 bits per heavy atom. The van der Waals surface area contributed by atoms with Crippen LogP contribution in [0.1, 0.15) is 39.4 Å². The van der Waals surface area contributed by atoms with E-state index in [1.807, 2.05) is 12.1 Å². The average molecular weight is 238 g/mol. The van der Waals surface area contributed by atoms with Crippen LogP contribution in [0.3, 0.4) is 0 Å². The highest BCUT2D eigenvalue weighted by Crippen LogP contribution is 2.02. The fourth-order valence-corrected chi connectivity index (χ4v) is 2.00. The van der Waals surface area contributed by atoms with Crippen LogP contribution in [0.25, 0.3) is 0 Å². The third-order valence-corrected chi connectivity index (χ3v) is 3.15. The fraction of sp³-hybridized carbons (Fsp3) is 0.714. The molecular weight excluding hydrogens is 212 g/mol. The van der Waals surface area contributed by atoms with Crippen molar-refractivity contribution in [3.05, 3.63) is 24.2 Å². The van der Waals surface area contributed by atoms with E-state index in [-0.39, 0.29) is 0 Å². The van der Waals surface area contributed by atoms with E-state index in [2.05, 4.69) is 31.0 Å². The lowest BCUT2D eigenvalue weighted by Gasteiger charge is -2.27. The summed E-state index contributed by atoms with van der Waals surface area (Å²) in [7, 11) is 0. The van der Waals surface area contributed by atoms with Crippen molar-refractivity contribution in [3.8, 4) is 0 Å². The molecule has 0 saturated heterocycles. The van der Waals surface area contributed by atoms with Crippen molar-refractivity contribution >= 4 is 0 Å². The van der Waals surface area contributed by atoms with Crippen LogP contribution in [0.2, 0.25) is 0 Å². The zero-order valence-corrected chi connectivity index (χ0v) is 11.4. The number of hydrogen-bond donors (Lipinski definition) is 1. The monoisotopic (exact) mass is 238 g/mol. The van der Waals surface area contributed by atoms with Gasteiger partial charge in [-0.05, 0) is 38.6 Å². The molecule has 0 aromatic carbocycles. The lowest BCUT2D eigenvalue weighted by Crippen LogP contribution is -2.40. The van der Waals surface area contributed by atoms with Crippen LogP contribution >= 0.6 is 0 Å². The first-order valence-electron chi connectivity index (χ1n) is 6.75. The minimum atomic E-state index is 0.585. The molecule has 1 rings (SSSR count). The topological polar surface area (TPSA) is 28.4 Å². The van der Waals surface area contributed by atoms with Crippen LogP contribution in [0, 0.1) is 0 Å². The van der Waals surface area contributed by atoms with Crippen molar-refractivity contribution in [1.29, 1.82) is 0 Å². The molecule has 17 heavy (non-hydrogen) atoms. The Labute approximate surface area is 105 Å². The van der Waals surface area contributed by atoms with E-state index in [9.17, 15) is 0 Å². The SMILES string of the molecule is CCCCN(CC)C(C)CNCc1ccco1. The second-order valence-electron chi connectivity index (χ2n) is 4.54. The lowest BCUT2D eigenvalue weighted by molar-refractivity contribution is 0.210. The maximum atomic E-state index is 5.29. The van der Waals surface area contributed by atoms with Gasteiger partial charge in [-0.3, -0.25) is 4.90 Å². The summed E-state index contributed by atoms with van der Waals surface area (Å²) in [6.45, 7) is 10.9. The Bertz CT molecular complexity index is 272. The van der Waals surface area contributed by atoms with E-state index >= 15 is 0 Å². The summed E-state index contributed by atoms with van der Waals surface area (Å²) in [5.41, 5.74) is 0. The van der Waals surface area contributed by atoms with E-state index in [0.717, 1.165) is 25.4 Å². The van der Waals surface area contributed by atoms with Crippen LogP contribution in [0.5, 0.6) is 0 Å². The molecule has 98 valence electrons. The van der Waals surface area contributed by atoms with Gasteiger partial charge in [0.1, 0.15) is 5.76 Å².